The molecule has 0 aliphatic carbocycles. The summed E-state index contributed by atoms with van der Waals surface area (Å²) in [6, 6.07) is 6.87. The van der Waals surface area contributed by atoms with Crippen molar-refractivity contribution in [2.45, 2.75) is 6.92 Å². The number of isothiocyanates is 1. The van der Waals surface area contributed by atoms with Gasteiger partial charge in [-0.15, -0.1) is 0 Å². The van der Waals surface area contributed by atoms with Gasteiger partial charge in [0, 0.05) is 5.69 Å². The van der Waals surface area contributed by atoms with Crippen LogP contribution in [-0.2, 0) is 4.74 Å². The van der Waals surface area contributed by atoms with E-state index in [1.165, 1.54) is 0 Å². The summed E-state index contributed by atoms with van der Waals surface area (Å²) in [5.74, 6) is 0. The molecule has 4 nitrogen and oxygen atoms in total. The van der Waals surface area contributed by atoms with Crippen LogP contribution in [-0.4, -0.2) is 17.9 Å². The highest BCUT2D eigenvalue weighted by atomic mass is 32.1. The average Bonchev–Trinajstić information content (AvgIpc) is 2.22. The molecule has 78 valence electrons. The molecule has 0 aliphatic heterocycles. The van der Waals surface area contributed by atoms with Crippen LogP contribution in [0.2, 0.25) is 0 Å². The molecule has 1 N–H and O–H groups in total. The number of benzene rings is 1. The molecule has 0 aliphatic rings. The van der Waals surface area contributed by atoms with Crippen LogP contribution in [0.15, 0.2) is 29.3 Å². The molecule has 0 spiro atoms. The average molecular weight is 222 g/mol. The number of hydrogen-bond donors (Lipinski definition) is 1. The molecule has 1 amide bonds. The van der Waals surface area contributed by atoms with Crippen molar-refractivity contribution in [2.24, 2.45) is 4.99 Å². The number of carbonyl (C=O) groups excluding carboxylic acids is 1. The number of amides is 1. The van der Waals surface area contributed by atoms with Crippen molar-refractivity contribution in [1.82, 2.24) is 0 Å². The van der Waals surface area contributed by atoms with Crippen molar-refractivity contribution < 1.29 is 9.53 Å². The van der Waals surface area contributed by atoms with Gasteiger partial charge in [-0.2, -0.15) is 4.99 Å². The molecule has 0 atom stereocenters. The van der Waals surface area contributed by atoms with Gasteiger partial charge in [-0.25, -0.2) is 4.79 Å². The molecule has 0 bridgehead atoms. The molecule has 1 rings (SSSR count). The zero-order valence-electron chi connectivity index (χ0n) is 8.19. The maximum Gasteiger partial charge on any atom is 0.411 e. The fourth-order valence-electron chi connectivity index (χ4n) is 0.957. The molecule has 5 heteroatoms. The van der Waals surface area contributed by atoms with Crippen molar-refractivity contribution >= 4 is 34.8 Å². The Morgan fingerprint density at radius 3 is 2.73 bits per heavy atom. The lowest BCUT2D eigenvalue weighted by Crippen LogP contribution is -2.12. The Bertz CT molecular complexity index is 383. The van der Waals surface area contributed by atoms with Gasteiger partial charge in [-0.05, 0) is 43.4 Å². The van der Waals surface area contributed by atoms with Crippen molar-refractivity contribution in [3.63, 3.8) is 0 Å². The molecular formula is C10H10N2O2S. The standard InChI is InChI=1S/C10H10N2O2S/c1-2-14-10(13)12-9-5-3-8(4-6-9)11-7-15/h3-6H,2H2,1H3,(H,12,13). The molecule has 1 aromatic rings. The van der Waals surface area contributed by atoms with Gasteiger partial charge in [0.15, 0.2) is 0 Å². The Morgan fingerprint density at radius 1 is 1.53 bits per heavy atom. The van der Waals surface area contributed by atoms with Gasteiger partial charge < -0.3 is 4.74 Å². The van der Waals surface area contributed by atoms with Gasteiger partial charge in [0.1, 0.15) is 0 Å². The smallest absolute Gasteiger partial charge is 0.411 e. The van der Waals surface area contributed by atoms with Crippen LogP contribution in [0.5, 0.6) is 0 Å². The van der Waals surface area contributed by atoms with E-state index >= 15 is 0 Å². The number of rotatable bonds is 3. The van der Waals surface area contributed by atoms with Gasteiger partial charge in [0.05, 0.1) is 17.5 Å². The molecule has 1 aromatic carbocycles. The minimum atomic E-state index is -0.469. The number of hydrogen-bond acceptors (Lipinski definition) is 4. The molecular weight excluding hydrogens is 212 g/mol. The molecule has 0 radical (unpaired) electrons. The van der Waals surface area contributed by atoms with E-state index in [1.54, 1.807) is 31.2 Å². The zero-order valence-corrected chi connectivity index (χ0v) is 9.00. The number of thiocarbonyl (C=S) groups is 1. The first kappa shape index (κ1) is 11.4. The van der Waals surface area contributed by atoms with E-state index < -0.39 is 6.09 Å². The van der Waals surface area contributed by atoms with E-state index in [0.29, 0.717) is 18.0 Å². The first-order valence-corrected chi connectivity index (χ1v) is 4.78. The minimum Gasteiger partial charge on any atom is -0.450 e. The lowest BCUT2D eigenvalue weighted by atomic mass is 10.3. The molecule has 15 heavy (non-hydrogen) atoms. The van der Waals surface area contributed by atoms with E-state index in [-0.39, 0.29) is 0 Å². The molecule has 0 heterocycles. The molecule has 0 unspecified atom stereocenters. The summed E-state index contributed by atoms with van der Waals surface area (Å²) in [6.07, 6.45) is -0.469. The SMILES string of the molecule is CCOC(=O)Nc1ccc(N=C=S)cc1. The highest BCUT2D eigenvalue weighted by Gasteiger charge is 2.00. The monoisotopic (exact) mass is 222 g/mol. The van der Waals surface area contributed by atoms with Crippen molar-refractivity contribution in [3.8, 4) is 0 Å². The third-order valence-electron chi connectivity index (χ3n) is 1.56. The molecule has 0 saturated heterocycles. The van der Waals surface area contributed by atoms with Gasteiger partial charge in [-0.1, -0.05) is 0 Å². The second-order valence-corrected chi connectivity index (χ2v) is 2.78. The van der Waals surface area contributed by atoms with Crippen LogP contribution in [0.3, 0.4) is 0 Å². The number of nitrogens with one attached hydrogen (secondary N) is 1. The van der Waals surface area contributed by atoms with E-state index in [0.717, 1.165) is 0 Å². The van der Waals surface area contributed by atoms with Crippen LogP contribution < -0.4 is 5.32 Å². The first-order valence-electron chi connectivity index (χ1n) is 4.38. The fourth-order valence-corrected chi connectivity index (χ4v) is 1.06. The number of carbonyl (C=O) groups is 1. The first-order chi connectivity index (χ1) is 7.26. The number of aliphatic imine (C=N–C) groups is 1. The molecule has 0 saturated carbocycles. The summed E-state index contributed by atoms with van der Waals surface area (Å²) in [5, 5.41) is 4.82. The summed E-state index contributed by atoms with van der Waals surface area (Å²) < 4.78 is 4.72. The maximum absolute atomic E-state index is 11.0. The lowest BCUT2D eigenvalue weighted by Gasteiger charge is -2.04. The van der Waals surface area contributed by atoms with E-state index in [9.17, 15) is 4.79 Å². The van der Waals surface area contributed by atoms with Gasteiger partial charge in [0.25, 0.3) is 0 Å². The largest absolute Gasteiger partial charge is 0.450 e. The van der Waals surface area contributed by atoms with Gasteiger partial charge in [0.2, 0.25) is 0 Å². The Balaban J connectivity index is 2.64. The number of nitrogens with zero attached hydrogens (tertiary/aromatic N) is 1. The summed E-state index contributed by atoms with van der Waals surface area (Å²) in [4.78, 5) is 14.8. The quantitative estimate of drug-likeness (QED) is 0.631. The second-order valence-electron chi connectivity index (χ2n) is 2.60. The van der Waals surface area contributed by atoms with Crippen molar-refractivity contribution in [2.75, 3.05) is 11.9 Å². The van der Waals surface area contributed by atoms with E-state index in [4.69, 9.17) is 4.74 Å². The Hall–Kier alpha value is -1.71. The van der Waals surface area contributed by atoms with Gasteiger partial charge in [-0.3, -0.25) is 5.32 Å². The predicted octanol–water partition coefficient (Wildman–Crippen LogP) is 2.99. The molecule has 0 aromatic heterocycles. The maximum atomic E-state index is 11.0. The van der Waals surface area contributed by atoms with E-state index in [1.807, 2.05) is 0 Å². The van der Waals surface area contributed by atoms with Crippen LogP contribution in [0.4, 0.5) is 16.2 Å². The van der Waals surface area contributed by atoms with Gasteiger partial charge >= 0.3 is 6.09 Å². The zero-order chi connectivity index (χ0) is 11.1. The summed E-state index contributed by atoms with van der Waals surface area (Å²) >= 11 is 4.46. The normalized spacial score (nSPS) is 8.87. The van der Waals surface area contributed by atoms with Crippen LogP contribution in [0.1, 0.15) is 6.92 Å². The van der Waals surface area contributed by atoms with Crippen LogP contribution in [0, 0.1) is 0 Å². The Kier molecular flexibility index (Phi) is 4.47. The van der Waals surface area contributed by atoms with Crippen molar-refractivity contribution in [3.05, 3.63) is 24.3 Å². The predicted molar refractivity (Wildman–Crippen MR) is 61.8 cm³/mol. The summed E-state index contributed by atoms with van der Waals surface area (Å²) in [7, 11) is 0. The summed E-state index contributed by atoms with van der Waals surface area (Å²) in [6.45, 7) is 2.09. The number of anilines is 1. The van der Waals surface area contributed by atoms with Crippen LogP contribution >= 0.6 is 12.2 Å². The highest BCUT2D eigenvalue weighted by molar-refractivity contribution is 7.78. The Labute approximate surface area is 93.0 Å². The van der Waals surface area contributed by atoms with Crippen LogP contribution in [0.25, 0.3) is 0 Å². The topological polar surface area (TPSA) is 50.7 Å². The highest BCUT2D eigenvalue weighted by Crippen LogP contribution is 2.15. The lowest BCUT2D eigenvalue weighted by molar-refractivity contribution is 0.168. The minimum absolute atomic E-state index is 0.346. The molecule has 0 fully saturated rings. The fraction of sp³-hybridized carbons (Fsp3) is 0.200. The Morgan fingerprint density at radius 2 is 2.20 bits per heavy atom. The summed E-state index contributed by atoms with van der Waals surface area (Å²) in [5.41, 5.74) is 1.34. The van der Waals surface area contributed by atoms with Crippen molar-refractivity contribution in [1.29, 1.82) is 0 Å². The van der Waals surface area contributed by atoms with E-state index in [2.05, 4.69) is 27.7 Å². The third-order valence-corrected chi connectivity index (χ3v) is 1.66. The third kappa shape index (κ3) is 3.89. The second kappa shape index (κ2) is 5.90. The number of ether oxygens (including phenoxy) is 1.